The number of carbonyl (C=O) groups is 2. The highest BCUT2D eigenvalue weighted by Gasteiger charge is 1.94. The fraction of sp³-hybridized carbons (Fsp3) is 0.500. The van der Waals surface area contributed by atoms with E-state index in [4.69, 9.17) is 0 Å². The van der Waals surface area contributed by atoms with Gasteiger partial charge >= 0.3 is 0 Å². The van der Waals surface area contributed by atoms with Crippen molar-refractivity contribution in [3.05, 3.63) is 6.92 Å². The summed E-state index contributed by atoms with van der Waals surface area (Å²) in [6, 6.07) is 0. The van der Waals surface area contributed by atoms with Gasteiger partial charge in [0.15, 0.2) is 0 Å². The van der Waals surface area contributed by atoms with Crippen molar-refractivity contribution < 1.29 is 9.59 Å². The van der Waals surface area contributed by atoms with Crippen LogP contribution in [0.2, 0.25) is 0 Å². The Morgan fingerprint density at radius 1 is 1.62 bits per heavy atom. The van der Waals surface area contributed by atoms with E-state index in [0.717, 1.165) is 6.29 Å². The van der Waals surface area contributed by atoms with E-state index >= 15 is 0 Å². The lowest BCUT2D eigenvalue weighted by molar-refractivity contribution is -0.120. The van der Waals surface area contributed by atoms with Crippen molar-refractivity contribution in [2.45, 2.75) is 19.3 Å². The molecule has 8 heavy (non-hydrogen) atoms. The highest BCUT2D eigenvalue weighted by Crippen LogP contribution is 1.89. The van der Waals surface area contributed by atoms with Gasteiger partial charge in [-0.2, -0.15) is 0 Å². The average Bonchev–Trinajstić information content (AvgIpc) is 1.83. The first kappa shape index (κ1) is 7.34. The van der Waals surface area contributed by atoms with Gasteiger partial charge in [0.1, 0.15) is 12.1 Å². The van der Waals surface area contributed by atoms with Gasteiger partial charge in [-0.25, -0.2) is 0 Å². The molecule has 0 saturated carbocycles. The summed E-state index contributed by atoms with van der Waals surface area (Å²) in [4.78, 5) is 20.0. The van der Waals surface area contributed by atoms with Crippen LogP contribution in [0.15, 0.2) is 0 Å². The van der Waals surface area contributed by atoms with Crippen LogP contribution in [0.25, 0.3) is 0 Å². The summed E-state index contributed by atoms with van der Waals surface area (Å²) in [7, 11) is 0. The third-order valence-electron chi connectivity index (χ3n) is 0.820. The molecule has 0 spiro atoms. The van der Waals surface area contributed by atoms with E-state index in [-0.39, 0.29) is 5.78 Å². The molecule has 0 atom stereocenters. The quantitative estimate of drug-likeness (QED) is 0.504. The first-order chi connectivity index (χ1) is 3.81. The van der Waals surface area contributed by atoms with Gasteiger partial charge in [0.05, 0.1) is 0 Å². The Balaban J connectivity index is 3.11. The lowest BCUT2D eigenvalue weighted by atomic mass is 10.2. The largest absolute Gasteiger partial charge is 0.303 e. The maximum Gasteiger partial charge on any atom is 0.133 e. The smallest absolute Gasteiger partial charge is 0.133 e. The van der Waals surface area contributed by atoms with Gasteiger partial charge in [0.2, 0.25) is 0 Å². The van der Waals surface area contributed by atoms with Crippen molar-refractivity contribution in [2.75, 3.05) is 0 Å². The van der Waals surface area contributed by atoms with Gasteiger partial charge in [-0.15, -0.1) is 0 Å². The predicted molar refractivity (Wildman–Crippen MR) is 30.3 cm³/mol. The number of carbonyl (C=O) groups excluding carboxylic acids is 2. The Labute approximate surface area is 48.9 Å². The van der Waals surface area contributed by atoms with Crippen molar-refractivity contribution in [2.24, 2.45) is 0 Å². The molecule has 0 aromatic rings. The number of hydrogen-bond donors (Lipinski definition) is 0. The van der Waals surface area contributed by atoms with E-state index < -0.39 is 0 Å². The van der Waals surface area contributed by atoms with Crippen LogP contribution < -0.4 is 0 Å². The molecular weight excluding hydrogens is 104 g/mol. The minimum absolute atomic E-state index is 0.0529. The second-order valence-corrected chi connectivity index (χ2v) is 1.49. The van der Waals surface area contributed by atoms with Crippen LogP contribution in [0, 0.1) is 6.92 Å². The molecule has 0 aliphatic carbocycles. The van der Waals surface area contributed by atoms with Crippen LogP contribution in [0.1, 0.15) is 19.3 Å². The molecule has 0 amide bonds. The van der Waals surface area contributed by atoms with E-state index in [1.165, 1.54) is 0 Å². The second kappa shape index (κ2) is 4.50. The summed E-state index contributed by atoms with van der Waals surface area (Å²) in [6.45, 7) is 3.37. The molecule has 0 unspecified atom stereocenters. The van der Waals surface area contributed by atoms with Crippen LogP contribution >= 0.6 is 0 Å². The number of Topliss-reactive ketones (excluding diaryl/α,β-unsaturated/α-hetero) is 1. The molecule has 0 saturated heterocycles. The maximum absolute atomic E-state index is 10.3. The summed E-state index contributed by atoms with van der Waals surface area (Å²) in [6.07, 6.45) is 1.74. The van der Waals surface area contributed by atoms with E-state index in [1.54, 1.807) is 0 Å². The van der Waals surface area contributed by atoms with E-state index in [0.29, 0.717) is 19.3 Å². The third-order valence-corrected chi connectivity index (χ3v) is 0.820. The van der Waals surface area contributed by atoms with Gasteiger partial charge in [0.25, 0.3) is 0 Å². The summed E-state index contributed by atoms with van der Waals surface area (Å²) in [5.74, 6) is 0.0529. The van der Waals surface area contributed by atoms with E-state index in [1.807, 2.05) is 0 Å². The molecule has 0 aromatic carbocycles. The molecule has 0 fully saturated rings. The normalized spacial score (nSPS) is 8.62. The maximum atomic E-state index is 10.3. The standard InChI is InChI=1S/C6H9O2/c1-2-6(8)4-3-5-7/h5H,1-4H2. The van der Waals surface area contributed by atoms with Gasteiger partial charge < -0.3 is 4.79 Å². The summed E-state index contributed by atoms with van der Waals surface area (Å²) in [5.41, 5.74) is 0. The lowest BCUT2D eigenvalue weighted by Gasteiger charge is -1.86. The fourth-order valence-corrected chi connectivity index (χ4v) is 0.345. The first-order valence-electron chi connectivity index (χ1n) is 2.56. The van der Waals surface area contributed by atoms with Crippen LogP contribution in [0.3, 0.4) is 0 Å². The second-order valence-electron chi connectivity index (χ2n) is 1.49. The highest BCUT2D eigenvalue weighted by molar-refractivity contribution is 5.80. The predicted octanol–water partition coefficient (Wildman–Crippen LogP) is 0.759. The molecule has 0 rings (SSSR count). The molecule has 2 nitrogen and oxygen atoms in total. The monoisotopic (exact) mass is 113 g/mol. The van der Waals surface area contributed by atoms with E-state index in [9.17, 15) is 9.59 Å². The Kier molecular flexibility index (Phi) is 4.13. The van der Waals surface area contributed by atoms with Gasteiger partial charge in [-0.05, 0) is 6.92 Å². The number of ketones is 1. The molecule has 45 valence electrons. The van der Waals surface area contributed by atoms with Crippen LogP contribution in [-0.2, 0) is 9.59 Å². The van der Waals surface area contributed by atoms with Gasteiger partial charge in [-0.3, -0.25) is 4.79 Å². The van der Waals surface area contributed by atoms with E-state index in [2.05, 4.69) is 6.92 Å². The minimum atomic E-state index is 0.0529. The average molecular weight is 113 g/mol. The SMILES string of the molecule is [CH2]CC(=O)CCC=O. The summed E-state index contributed by atoms with van der Waals surface area (Å²) >= 11 is 0. The highest BCUT2D eigenvalue weighted by atomic mass is 16.1. The third kappa shape index (κ3) is 3.53. The minimum Gasteiger partial charge on any atom is -0.303 e. The van der Waals surface area contributed by atoms with Gasteiger partial charge in [0, 0.05) is 19.3 Å². The Hall–Kier alpha value is -0.660. The molecule has 0 heterocycles. The molecule has 0 N–H and O–H groups in total. The summed E-state index contributed by atoms with van der Waals surface area (Å²) < 4.78 is 0. The van der Waals surface area contributed by atoms with Crippen molar-refractivity contribution in [1.29, 1.82) is 0 Å². The molecule has 0 aliphatic heterocycles. The Morgan fingerprint density at radius 2 is 2.25 bits per heavy atom. The molecule has 1 radical (unpaired) electrons. The van der Waals surface area contributed by atoms with Crippen molar-refractivity contribution >= 4 is 12.1 Å². The molecule has 0 aromatic heterocycles. The van der Waals surface area contributed by atoms with Crippen molar-refractivity contribution in [3.8, 4) is 0 Å². The molecular formula is C6H9O2. The summed E-state index contributed by atoms with van der Waals surface area (Å²) in [5, 5.41) is 0. The van der Waals surface area contributed by atoms with Crippen molar-refractivity contribution in [3.63, 3.8) is 0 Å². The first-order valence-corrected chi connectivity index (χ1v) is 2.56. The zero-order valence-electron chi connectivity index (χ0n) is 4.72. The molecule has 0 bridgehead atoms. The topological polar surface area (TPSA) is 34.1 Å². The zero-order chi connectivity index (χ0) is 6.41. The fourth-order valence-electron chi connectivity index (χ4n) is 0.345. The lowest BCUT2D eigenvalue weighted by Crippen LogP contribution is -1.93. The van der Waals surface area contributed by atoms with Crippen LogP contribution in [0.5, 0.6) is 0 Å². The number of hydrogen-bond acceptors (Lipinski definition) is 2. The Morgan fingerprint density at radius 3 is 2.62 bits per heavy atom. The number of rotatable bonds is 4. The van der Waals surface area contributed by atoms with Crippen molar-refractivity contribution in [1.82, 2.24) is 0 Å². The zero-order valence-corrected chi connectivity index (χ0v) is 4.72. The Bertz CT molecular complexity index is 86.5. The molecule has 2 heteroatoms. The number of aldehydes is 1. The van der Waals surface area contributed by atoms with Crippen LogP contribution in [0.4, 0.5) is 0 Å². The molecule has 0 aliphatic rings. The van der Waals surface area contributed by atoms with Gasteiger partial charge in [-0.1, -0.05) is 0 Å². The van der Waals surface area contributed by atoms with Crippen LogP contribution in [-0.4, -0.2) is 12.1 Å².